The maximum absolute atomic E-state index is 4.27. The van der Waals surface area contributed by atoms with E-state index >= 15 is 0 Å². The Morgan fingerprint density at radius 3 is 2.89 bits per heavy atom. The first-order valence-electron chi connectivity index (χ1n) is 6.12. The molecule has 2 heterocycles. The number of rotatable bonds is 5. The van der Waals surface area contributed by atoms with Gasteiger partial charge >= 0.3 is 0 Å². The van der Waals surface area contributed by atoms with Gasteiger partial charge in [0.15, 0.2) is 0 Å². The highest BCUT2D eigenvalue weighted by atomic mass is 32.1. The molecule has 0 atom stereocenters. The summed E-state index contributed by atoms with van der Waals surface area (Å²) in [7, 11) is 0. The van der Waals surface area contributed by atoms with Crippen LogP contribution in [0, 0.1) is 12.8 Å². The highest BCUT2D eigenvalue weighted by Gasteiger charge is 2.09. The molecule has 0 aromatic carbocycles. The number of nitrogens with zero attached hydrogens (tertiary/aromatic N) is 3. The van der Waals surface area contributed by atoms with Gasteiger partial charge < -0.3 is 5.32 Å². The molecule has 4 nitrogen and oxygen atoms in total. The minimum atomic E-state index is 0.651. The zero-order chi connectivity index (χ0) is 13.0. The van der Waals surface area contributed by atoms with E-state index in [-0.39, 0.29) is 0 Å². The fraction of sp³-hybridized carbons (Fsp3) is 0.462. The Morgan fingerprint density at radius 2 is 2.17 bits per heavy atom. The van der Waals surface area contributed by atoms with Gasteiger partial charge in [-0.2, -0.15) is 0 Å². The van der Waals surface area contributed by atoms with Crippen molar-refractivity contribution in [1.29, 1.82) is 0 Å². The van der Waals surface area contributed by atoms with Crippen molar-refractivity contribution in [2.75, 3.05) is 6.54 Å². The molecule has 0 saturated heterocycles. The number of nitrogens with one attached hydrogen (secondary N) is 1. The van der Waals surface area contributed by atoms with Crippen molar-refractivity contribution in [1.82, 2.24) is 20.5 Å². The summed E-state index contributed by atoms with van der Waals surface area (Å²) in [6.07, 6.45) is 1.80. The van der Waals surface area contributed by atoms with E-state index in [2.05, 4.69) is 34.3 Å². The smallest absolute Gasteiger partial charge is 0.149 e. The van der Waals surface area contributed by atoms with Crippen LogP contribution < -0.4 is 5.32 Å². The summed E-state index contributed by atoms with van der Waals surface area (Å²) in [5.74, 6) is 0.651. The second-order valence-electron chi connectivity index (χ2n) is 4.66. The lowest BCUT2D eigenvalue weighted by Gasteiger charge is -2.04. The quantitative estimate of drug-likeness (QED) is 0.900. The van der Waals surface area contributed by atoms with Gasteiger partial charge in [-0.25, -0.2) is 0 Å². The van der Waals surface area contributed by atoms with Crippen molar-refractivity contribution >= 4 is 11.3 Å². The molecule has 0 bridgehead atoms. The average molecular weight is 262 g/mol. The lowest BCUT2D eigenvalue weighted by Crippen LogP contribution is -2.18. The van der Waals surface area contributed by atoms with E-state index in [9.17, 15) is 0 Å². The predicted molar refractivity (Wildman–Crippen MR) is 74.4 cm³/mol. The Kier molecular flexibility index (Phi) is 4.38. The van der Waals surface area contributed by atoms with Crippen LogP contribution in [-0.2, 0) is 6.54 Å². The molecular formula is C13H18N4S. The summed E-state index contributed by atoms with van der Waals surface area (Å²) in [6, 6.07) is 3.97. The topological polar surface area (TPSA) is 50.7 Å². The monoisotopic (exact) mass is 262 g/mol. The van der Waals surface area contributed by atoms with Gasteiger partial charge in [-0.1, -0.05) is 25.2 Å². The molecule has 0 unspecified atom stereocenters. The summed E-state index contributed by atoms with van der Waals surface area (Å²) in [5, 5.41) is 13.8. The summed E-state index contributed by atoms with van der Waals surface area (Å²) >= 11 is 1.63. The van der Waals surface area contributed by atoms with E-state index in [0.29, 0.717) is 5.92 Å². The molecule has 0 aliphatic heterocycles. The third-order valence-corrected chi connectivity index (χ3v) is 3.49. The van der Waals surface area contributed by atoms with Gasteiger partial charge in [0.1, 0.15) is 10.0 Å². The van der Waals surface area contributed by atoms with Crippen LogP contribution in [0.25, 0.3) is 10.6 Å². The number of hydrogen-bond acceptors (Lipinski definition) is 5. The Balaban J connectivity index is 2.04. The van der Waals surface area contributed by atoms with Crippen LogP contribution in [0.3, 0.4) is 0 Å². The van der Waals surface area contributed by atoms with Gasteiger partial charge in [0.2, 0.25) is 0 Å². The minimum Gasteiger partial charge on any atom is -0.310 e. The molecule has 2 aromatic rings. The predicted octanol–water partition coefficient (Wildman–Crippen LogP) is 2.65. The molecule has 0 aliphatic rings. The number of aromatic nitrogens is 3. The molecule has 96 valence electrons. The second-order valence-corrected chi connectivity index (χ2v) is 5.72. The molecule has 0 spiro atoms. The molecular weight excluding hydrogens is 244 g/mol. The van der Waals surface area contributed by atoms with Crippen molar-refractivity contribution in [3.05, 3.63) is 29.0 Å². The molecule has 18 heavy (non-hydrogen) atoms. The third kappa shape index (κ3) is 3.34. The molecule has 1 N–H and O–H groups in total. The summed E-state index contributed by atoms with van der Waals surface area (Å²) in [6.45, 7) is 8.17. The Morgan fingerprint density at radius 1 is 1.33 bits per heavy atom. The van der Waals surface area contributed by atoms with E-state index in [1.165, 1.54) is 0 Å². The summed E-state index contributed by atoms with van der Waals surface area (Å²) < 4.78 is 0. The highest BCUT2D eigenvalue weighted by molar-refractivity contribution is 7.14. The third-order valence-electron chi connectivity index (χ3n) is 2.53. The van der Waals surface area contributed by atoms with Gasteiger partial charge in [0.05, 0.1) is 0 Å². The molecule has 0 radical (unpaired) electrons. The van der Waals surface area contributed by atoms with Gasteiger partial charge in [0, 0.05) is 24.0 Å². The minimum absolute atomic E-state index is 0.651. The van der Waals surface area contributed by atoms with Crippen molar-refractivity contribution in [2.45, 2.75) is 27.3 Å². The Labute approximate surface area is 111 Å². The second kappa shape index (κ2) is 6.02. The van der Waals surface area contributed by atoms with Crippen LogP contribution in [0.2, 0.25) is 0 Å². The van der Waals surface area contributed by atoms with Crippen molar-refractivity contribution in [2.24, 2.45) is 5.92 Å². The van der Waals surface area contributed by atoms with Crippen molar-refractivity contribution < 1.29 is 0 Å². The van der Waals surface area contributed by atoms with Crippen LogP contribution in [0.4, 0.5) is 0 Å². The maximum Gasteiger partial charge on any atom is 0.149 e. The molecule has 2 aromatic heterocycles. The van der Waals surface area contributed by atoms with Crippen molar-refractivity contribution in [3.8, 4) is 10.6 Å². The van der Waals surface area contributed by atoms with Crippen LogP contribution >= 0.6 is 11.3 Å². The zero-order valence-electron chi connectivity index (χ0n) is 11.0. The van der Waals surface area contributed by atoms with Crippen LogP contribution in [-0.4, -0.2) is 21.7 Å². The Hall–Kier alpha value is -1.33. The van der Waals surface area contributed by atoms with E-state index in [4.69, 9.17) is 0 Å². The molecule has 5 heteroatoms. The van der Waals surface area contributed by atoms with Crippen LogP contribution in [0.5, 0.6) is 0 Å². The van der Waals surface area contributed by atoms with Crippen molar-refractivity contribution in [3.63, 3.8) is 0 Å². The zero-order valence-corrected chi connectivity index (χ0v) is 11.8. The first-order chi connectivity index (χ1) is 8.66. The fourth-order valence-electron chi connectivity index (χ4n) is 1.61. The van der Waals surface area contributed by atoms with Gasteiger partial charge in [-0.3, -0.25) is 4.98 Å². The molecule has 2 rings (SSSR count). The first-order valence-corrected chi connectivity index (χ1v) is 6.93. The Bertz CT molecular complexity index is 507. The van der Waals surface area contributed by atoms with Gasteiger partial charge in [0.25, 0.3) is 0 Å². The molecule has 0 aliphatic carbocycles. The van der Waals surface area contributed by atoms with E-state index in [1.807, 2.05) is 19.1 Å². The van der Waals surface area contributed by atoms with E-state index in [0.717, 1.165) is 34.4 Å². The summed E-state index contributed by atoms with van der Waals surface area (Å²) in [4.78, 5) is 4.27. The van der Waals surface area contributed by atoms with Crippen LogP contribution in [0.15, 0.2) is 18.3 Å². The average Bonchev–Trinajstić information content (AvgIpc) is 2.78. The standard InChI is InChI=1S/C13H18N4S/c1-9(2)7-14-8-12-16-17-13(18-12)11-5-4-6-15-10(11)3/h4-6,9,14H,7-8H2,1-3H3. The van der Waals surface area contributed by atoms with E-state index < -0.39 is 0 Å². The SMILES string of the molecule is Cc1ncccc1-c1nnc(CNCC(C)C)s1. The molecule has 0 amide bonds. The van der Waals surface area contributed by atoms with Gasteiger partial charge in [-0.15, -0.1) is 10.2 Å². The summed E-state index contributed by atoms with van der Waals surface area (Å²) in [5.41, 5.74) is 2.07. The number of pyridine rings is 1. The van der Waals surface area contributed by atoms with E-state index in [1.54, 1.807) is 17.5 Å². The molecule has 0 saturated carbocycles. The van der Waals surface area contributed by atoms with Gasteiger partial charge in [-0.05, 0) is 31.5 Å². The number of aryl methyl sites for hydroxylation is 1. The normalized spacial score (nSPS) is 11.1. The first kappa shape index (κ1) is 13.1. The molecule has 0 fully saturated rings. The highest BCUT2D eigenvalue weighted by Crippen LogP contribution is 2.24. The lowest BCUT2D eigenvalue weighted by atomic mass is 10.2. The fourth-order valence-corrected chi connectivity index (χ4v) is 2.50. The number of hydrogen-bond donors (Lipinski definition) is 1. The maximum atomic E-state index is 4.27. The van der Waals surface area contributed by atoms with Crippen LogP contribution in [0.1, 0.15) is 24.5 Å². The largest absolute Gasteiger partial charge is 0.310 e. The lowest BCUT2D eigenvalue weighted by molar-refractivity contribution is 0.550.